The van der Waals surface area contributed by atoms with Crippen molar-refractivity contribution in [1.29, 1.82) is 0 Å². The van der Waals surface area contributed by atoms with Gasteiger partial charge in [-0.2, -0.15) is 0 Å². The Kier molecular flexibility index (Phi) is 9.20. The minimum absolute atomic E-state index is 0.249. The fourth-order valence-corrected chi connectivity index (χ4v) is 2.71. The van der Waals surface area contributed by atoms with Gasteiger partial charge in [-0.3, -0.25) is 0 Å². The first-order valence-electron chi connectivity index (χ1n) is 9.31. The van der Waals surface area contributed by atoms with Crippen LogP contribution in [0.15, 0.2) is 30.3 Å². The number of unbranched alkanes of at least 4 members (excludes halogenated alkanes) is 8. The lowest BCUT2D eigenvalue weighted by Gasteiger charge is -2.18. The van der Waals surface area contributed by atoms with Gasteiger partial charge in [0.2, 0.25) is 0 Å². The highest BCUT2D eigenvalue weighted by atomic mass is 14.2. The van der Waals surface area contributed by atoms with Crippen molar-refractivity contribution >= 4 is 6.08 Å². The fourth-order valence-electron chi connectivity index (χ4n) is 2.71. The van der Waals surface area contributed by atoms with Gasteiger partial charge in [0.25, 0.3) is 0 Å². The molecule has 0 saturated heterocycles. The van der Waals surface area contributed by atoms with Crippen LogP contribution in [0.5, 0.6) is 0 Å². The van der Waals surface area contributed by atoms with Gasteiger partial charge in [0, 0.05) is 0 Å². The molecule has 22 heavy (non-hydrogen) atoms. The third-order valence-corrected chi connectivity index (χ3v) is 4.31. The standard InChI is InChI=1S/C22H36/c1-5-6-7-8-9-10-11-12-13-14-15-20-16-18-21(19-17-20)22(2,3)4/h14-19H,5-13H2,1-4H3/b15-14+. The molecule has 0 atom stereocenters. The average Bonchev–Trinajstić information content (AvgIpc) is 2.49. The molecule has 0 radical (unpaired) electrons. The molecule has 1 rings (SSSR count). The summed E-state index contributed by atoms with van der Waals surface area (Å²) in [6.45, 7) is 9.07. The maximum atomic E-state index is 2.34. The van der Waals surface area contributed by atoms with Crippen molar-refractivity contribution < 1.29 is 0 Å². The van der Waals surface area contributed by atoms with Gasteiger partial charge in [-0.05, 0) is 29.4 Å². The van der Waals surface area contributed by atoms with Crippen molar-refractivity contribution in [2.45, 2.75) is 90.9 Å². The van der Waals surface area contributed by atoms with E-state index in [2.05, 4.69) is 64.1 Å². The van der Waals surface area contributed by atoms with Crippen molar-refractivity contribution in [3.8, 4) is 0 Å². The van der Waals surface area contributed by atoms with Crippen LogP contribution in [0.25, 0.3) is 6.08 Å². The lowest BCUT2D eigenvalue weighted by atomic mass is 9.87. The highest BCUT2D eigenvalue weighted by Gasteiger charge is 2.12. The Morgan fingerprint density at radius 3 is 1.86 bits per heavy atom. The Labute approximate surface area is 139 Å². The van der Waals surface area contributed by atoms with Gasteiger partial charge in [-0.15, -0.1) is 0 Å². The normalized spacial score (nSPS) is 12.2. The zero-order valence-corrected chi connectivity index (χ0v) is 15.3. The van der Waals surface area contributed by atoms with Crippen LogP contribution in [0.3, 0.4) is 0 Å². The van der Waals surface area contributed by atoms with Crippen LogP contribution in [0, 0.1) is 0 Å². The number of hydrogen-bond donors (Lipinski definition) is 0. The van der Waals surface area contributed by atoms with E-state index in [1.54, 1.807) is 0 Å². The van der Waals surface area contributed by atoms with Crippen LogP contribution in [-0.4, -0.2) is 0 Å². The largest absolute Gasteiger partial charge is 0.0839 e. The van der Waals surface area contributed by atoms with Crippen LogP contribution in [0.4, 0.5) is 0 Å². The second-order valence-electron chi connectivity index (χ2n) is 7.54. The molecule has 0 aromatic heterocycles. The molecule has 0 fully saturated rings. The Morgan fingerprint density at radius 1 is 0.773 bits per heavy atom. The topological polar surface area (TPSA) is 0 Å². The molecular formula is C22H36. The van der Waals surface area contributed by atoms with E-state index in [-0.39, 0.29) is 5.41 Å². The summed E-state index contributed by atoms with van der Waals surface area (Å²) < 4.78 is 0. The Hall–Kier alpha value is -1.04. The van der Waals surface area contributed by atoms with Crippen LogP contribution >= 0.6 is 0 Å². The lowest BCUT2D eigenvalue weighted by molar-refractivity contribution is 0.578. The van der Waals surface area contributed by atoms with Crippen molar-refractivity contribution in [3.63, 3.8) is 0 Å². The van der Waals surface area contributed by atoms with E-state index in [9.17, 15) is 0 Å². The summed E-state index contributed by atoms with van der Waals surface area (Å²) in [6.07, 6.45) is 17.0. The van der Waals surface area contributed by atoms with Gasteiger partial charge in [0.1, 0.15) is 0 Å². The van der Waals surface area contributed by atoms with Crippen LogP contribution < -0.4 is 0 Å². The fraction of sp³-hybridized carbons (Fsp3) is 0.636. The van der Waals surface area contributed by atoms with E-state index in [1.165, 1.54) is 68.9 Å². The highest BCUT2D eigenvalue weighted by molar-refractivity contribution is 5.50. The molecule has 0 N–H and O–H groups in total. The molecule has 0 nitrogen and oxygen atoms in total. The van der Waals surface area contributed by atoms with Gasteiger partial charge >= 0.3 is 0 Å². The van der Waals surface area contributed by atoms with Gasteiger partial charge in [-0.1, -0.05) is 109 Å². The molecule has 1 aromatic carbocycles. The summed E-state index contributed by atoms with van der Waals surface area (Å²) in [5.41, 5.74) is 2.99. The smallest absolute Gasteiger partial charge is 0.0132 e. The van der Waals surface area contributed by atoms with Crippen LogP contribution in [0.2, 0.25) is 0 Å². The van der Waals surface area contributed by atoms with Crippen molar-refractivity contribution in [1.82, 2.24) is 0 Å². The van der Waals surface area contributed by atoms with Crippen LogP contribution in [0.1, 0.15) is 96.6 Å². The van der Waals surface area contributed by atoms with Gasteiger partial charge in [-0.25, -0.2) is 0 Å². The van der Waals surface area contributed by atoms with E-state index in [0.717, 1.165) is 0 Å². The number of allylic oxidation sites excluding steroid dienone is 1. The summed E-state index contributed by atoms with van der Waals surface area (Å²) in [7, 11) is 0. The molecule has 0 aliphatic rings. The van der Waals surface area contributed by atoms with Gasteiger partial charge < -0.3 is 0 Å². The van der Waals surface area contributed by atoms with E-state index >= 15 is 0 Å². The first-order valence-corrected chi connectivity index (χ1v) is 9.31. The van der Waals surface area contributed by atoms with E-state index in [1.807, 2.05) is 0 Å². The molecule has 0 heteroatoms. The quantitative estimate of drug-likeness (QED) is 0.392. The average molecular weight is 301 g/mol. The zero-order valence-electron chi connectivity index (χ0n) is 15.3. The maximum Gasteiger partial charge on any atom is -0.0132 e. The molecule has 0 heterocycles. The molecule has 0 aliphatic carbocycles. The predicted octanol–water partition coefficient (Wildman–Crippen LogP) is 7.53. The molecule has 0 bridgehead atoms. The monoisotopic (exact) mass is 300 g/mol. The van der Waals surface area contributed by atoms with Crippen molar-refractivity contribution in [2.24, 2.45) is 0 Å². The van der Waals surface area contributed by atoms with E-state index in [4.69, 9.17) is 0 Å². The van der Waals surface area contributed by atoms with E-state index < -0.39 is 0 Å². The zero-order chi connectivity index (χ0) is 16.3. The molecule has 124 valence electrons. The van der Waals surface area contributed by atoms with Crippen LogP contribution in [-0.2, 0) is 5.41 Å². The lowest BCUT2D eigenvalue weighted by Crippen LogP contribution is -2.10. The number of benzene rings is 1. The van der Waals surface area contributed by atoms with Gasteiger partial charge in [0.15, 0.2) is 0 Å². The molecule has 0 spiro atoms. The minimum atomic E-state index is 0.249. The SMILES string of the molecule is CCCCCCCCCC/C=C/c1ccc(C(C)(C)C)cc1. The van der Waals surface area contributed by atoms with E-state index in [0.29, 0.717) is 0 Å². The number of rotatable bonds is 10. The summed E-state index contributed by atoms with van der Waals surface area (Å²) in [6, 6.07) is 9.00. The second-order valence-corrected chi connectivity index (χ2v) is 7.54. The molecule has 0 saturated carbocycles. The molecule has 1 aromatic rings. The molecule has 0 unspecified atom stereocenters. The highest BCUT2D eigenvalue weighted by Crippen LogP contribution is 2.22. The third-order valence-electron chi connectivity index (χ3n) is 4.31. The minimum Gasteiger partial charge on any atom is -0.0839 e. The maximum absolute atomic E-state index is 2.34. The Bertz CT molecular complexity index is 403. The summed E-state index contributed by atoms with van der Waals surface area (Å²) >= 11 is 0. The molecular weight excluding hydrogens is 264 g/mol. The predicted molar refractivity (Wildman–Crippen MR) is 101 cm³/mol. The van der Waals surface area contributed by atoms with Crippen molar-refractivity contribution in [3.05, 3.63) is 41.5 Å². The van der Waals surface area contributed by atoms with Crippen molar-refractivity contribution in [2.75, 3.05) is 0 Å². The third kappa shape index (κ3) is 8.41. The molecule has 0 aliphatic heterocycles. The second kappa shape index (κ2) is 10.6. The summed E-state index contributed by atoms with van der Waals surface area (Å²) in [5, 5.41) is 0. The molecule has 0 amide bonds. The Balaban J connectivity index is 2.13. The number of hydrogen-bond acceptors (Lipinski definition) is 0. The Morgan fingerprint density at radius 2 is 1.32 bits per heavy atom. The summed E-state index contributed by atoms with van der Waals surface area (Å²) in [4.78, 5) is 0. The summed E-state index contributed by atoms with van der Waals surface area (Å²) in [5.74, 6) is 0. The van der Waals surface area contributed by atoms with Gasteiger partial charge in [0.05, 0.1) is 0 Å². The first kappa shape index (κ1) is 19.0. The first-order chi connectivity index (χ1) is 10.5.